The zero-order valence-corrected chi connectivity index (χ0v) is 15.1. The molecule has 0 spiro atoms. The first kappa shape index (κ1) is 15.0. The maximum absolute atomic E-state index is 12.5. The lowest BCUT2D eigenvalue weighted by Gasteiger charge is -2.22. The molecule has 0 bridgehead atoms. The first-order valence-electron chi connectivity index (χ1n) is 6.22. The molecule has 1 atom stereocenters. The van der Waals surface area contributed by atoms with Crippen LogP contribution in [0.5, 0.6) is 0 Å². The lowest BCUT2D eigenvalue weighted by atomic mass is 10.1. The van der Waals surface area contributed by atoms with Crippen molar-refractivity contribution in [1.82, 2.24) is 14.7 Å². The number of nitrogens with zero attached hydrogens (tertiary/aromatic N) is 3. The molecule has 0 saturated heterocycles. The van der Waals surface area contributed by atoms with E-state index in [1.54, 1.807) is 4.90 Å². The molecule has 0 aromatic carbocycles. The molecular weight excluding hydrogens is 374 g/mol. The van der Waals surface area contributed by atoms with Crippen LogP contribution in [0.3, 0.4) is 0 Å². The van der Waals surface area contributed by atoms with Gasteiger partial charge in [0.2, 0.25) is 5.91 Å². The molecule has 1 amide bonds. The lowest BCUT2D eigenvalue weighted by molar-refractivity contribution is -0.135. The van der Waals surface area contributed by atoms with Crippen molar-refractivity contribution < 1.29 is 4.79 Å². The van der Waals surface area contributed by atoms with Crippen molar-refractivity contribution in [1.29, 1.82) is 0 Å². The predicted molar refractivity (Wildman–Crippen MR) is 82.5 cm³/mol. The number of carbonyl (C=O) groups is 1. The van der Waals surface area contributed by atoms with Gasteiger partial charge >= 0.3 is 0 Å². The van der Waals surface area contributed by atoms with E-state index in [0.29, 0.717) is 6.54 Å². The first-order chi connectivity index (χ1) is 8.60. The number of carbonyl (C=O) groups excluding carboxylic acids is 1. The van der Waals surface area contributed by atoms with Gasteiger partial charge in [-0.3, -0.25) is 9.48 Å². The van der Waals surface area contributed by atoms with E-state index < -0.39 is 0 Å². The first-order valence-corrected chi connectivity index (χ1v) is 7.81. The zero-order chi connectivity index (χ0) is 14.6. The standard InChI is InChI=1S/C13H19Br2N3O/c1-8-10(9(2)18(5)16-8)6-17(4)11(19)12(3)7-13(12,14)15/h6-7H2,1-5H3/t12-/m0/s1. The number of rotatable bonds is 3. The van der Waals surface area contributed by atoms with Crippen LogP contribution in [-0.2, 0) is 18.4 Å². The summed E-state index contributed by atoms with van der Waals surface area (Å²) in [5.74, 6) is 0.156. The summed E-state index contributed by atoms with van der Waals surface area (Å²) < 4.78 is 1.62. The second-order valence-corrected chi connectivity index (χ2v) is 9.42. The molecule has 1 aliphatic rings. The largest absolute Gasteiger partial charge is 0.341 e. The van der Waals surface area contributed by atoms with E-state index in [2.05, 4.69) is 37.0 Å². The molecule has 1 aliphatic carbocycles. The lowest BCUT2D eigenvalue weighted by Crippen LogP contribution is -2.34. The topological polar surface area (TPSA) is 38.1 Å². The van der Waals surface area contributed by atoms with Crippen LogP contribution < -0.4 is 0 Å². The quantitative estimate of drug-likeness (QED) is 0.741. The Morgan fingerprint density at radius 1 is 1.47 bits per heavy atom. The molecule has 1 saturated carbocycles. The van der Waals surface area contributed by atoms with Crippen LogP contribution in [0.4, 0.5) is 0 Å². The second-order valence-electron chi connectivity index (χ2n) is 5.65. The molecule has 1 heterocycles. The fraction of sp³-hybridized carbons (Fsp3) is 0.692. The molecule has 19 heavy (non-hydrogen) atoms. The highest BCUT2D eigenvalue weighted by molar-refractivity contribution is 9.25. The third-order valence-electron chi connectivity index (χ3n) is 4.13. The van der Waals surface area contributed by atoms with Crippen LogP contribution in [-0.4, -0.2) is 30.9 Å². The molecular formula is C13H19Br2N3O. The van der Waals surface area contributed by atoms with Gasteiger partial charge in [-0.1, -0.05) is 31.9 Å². The molecule has 0 N–H and O–H groups in total. The molecule has 0 unspecified atom stereocenters. The Kier molecular flexibility index (Phi) is 3.63. The number of aryl methyl sites for hydroxylation is 2. The fourth-order valence-corrected chi connectivity index (χ4v) is 3.87. The Morgan fingerprint density at radius 3 is 2.37 bits per heavy atom. The van der Waals surface area contributed by atoms with E-state index >= 15 is 0 Å². The van der Waals surface area contributed by atoms with E-state index in [9.17, 15) is 4.79 Å². The van der Waals surface area contributed by atoms with Gasteiger partial charge in [-0.25, -0.2) is 0 Å². The van der Waals surface area contributed by atoms with Crippen molar-refractivity contribution in [2.75, 3.05) is 7.05 Å². The van der Waals surface area contributed by atoms with Crippen molar-refractivity contribution in [3.63, 3.8) is 0 Å². The van der Waals surface area contributed by atoms with Gasteiger partial charge in [0.1, 0.15) is 0 Å². The van der Waals surface area contributed by atoms with Gasteiger partial charge in [-0.05, 0) is 27.2 Å². The number of hydrogen-bond acceptors (Lipinski definition) is 2. The van der Waals surface area contributed by atoms with Crippen molar-refractivity contribution in [3.8, 4) is 0 Å². The summed E-state index contributed by atoms with van der Waals surface area (Å²) in [6.07, 6.45) is 0.814. The van der Waals surface area contributed by atoms with Crippen molar-refractivity contribution >= 4 is 37.8 Å². The summed E-state index contributed by atoms with van der Waals surface area (Å²) in [4.78, 5) is 14.3. The minimum atomic E-state index is -0.355. The van der Waals surface area contributed by atoms with E-state index in [-0.39, 0.29) is 14.6 Å². The van der Waals surface area contributed by atoms with Gasteiger partial charge in [0, 0.05) is 31.9 Å². The molecule has 0 radical (unpaired) electrons. The summed E-state index contributed by atoms with van der Waals surface area (Å²) >= 11 is 7.10. The Morgan fingerprint density at radius 2 is 2.00 bits per heavy atom. The van der Waals surface area contributed by atoms with Gasteiger partial charge < -0.3 is 4.90 Å². The molecule has 1 fully saturated rings. The Hall–Kier alpha value is -0.360. The number of halogens is 2. The smallest absolute Gasteiger partial charge is 0.230 e. The highest BCUT2D eigenvalue weighted by Gasteiger charge is 2.67. The summed E-state index contributed by atoms with van der Waals surface area (Å²) in [7, 11) is 3.78. The summed E-state index contributed by atoms with van der Waals surface area (Å²) in [6, 6.07) is 0. The Labute approximate surface area is 130 Å². The molecule has 0 aliphatic heterocycles. The van der Waals surface area contributed by atoms with Gasteiger partial charge in [0.05, 0.1) is 14.3 Å². The number of amides is 1. The van der Waals surface area contributed by atoms with Crippen LogP contribution in [0.2, 0.25) is 0 Å². The van der Waals surface area contributed by atoms with E-state index in [1.807, 2.05) is 39.5 Å². The molecule has 1 aromatic heterocycles. The van der Waals surface area contributed by atoms with Crippen LogP contribution in [0.1, 0.15) is 30.3 Å². The molecule has 1 aromatic rings. The SMILES string of the molecule is Cc1nn(C)c(C)c1CN(C)C(=O)[C@]1(C)CC1(Br)Br. The van der Waals surface area contributed by atoms with Crippen LogP contribution in [0, 0.1) is 19.3 Å². The normalized spacial score (nSPS) is 24.4. The third kappa shape index (κ3) is 2.37. The average molecular weight is 393 g/mol. The molecule has 6 heteroatoms. The van der Waals surface area contributed by atoms with Gasteiger partial charge in [0.25, 0.3) is 0 Å². The van der Waals surface area contributed by atoms with Crippen molar-refractivity contribution in [2.45, 2.75) is 37.0 Å². The average Bonchev–Trinajstić information content (AvgIpc) is 2.74. The predicted octanol–water partition coefficient (Wildman–Crippen LogP) is 2.89. The van der Waals surface area contributed by atoms with E-state index in [0.717, 1.165) is 23.4 Å². The van der Waals surface area contributed by atoms with Crippen molar-refractivity contribution in [2.24, 2.45) is 12.5 Å². The van der Waals surface area contributed by atoms with E-state index in [1.165, 1.54) is 0 Å². The fourth-order valence-electron chi connectivity index (χ4n) is 2.41. The Bertz CT molecular complexity index is 538. The molecule has 4 nitrogen and oxygen atoms in total. The Balaban J connectivity index is 2.14. The molecule has 2 rings (SSSR count). The minimum absolute atomic E-state index is 0.156. The third-order valence-corrected chi connectivity index (χ3v) is 6.44. The second kappa shape index (κ2) is 4.58. The number of alkyl halides is 2. The number of aromatic nitrogens is 2. The molecule has 106 valence electrons. The summed E-state index contributed by atoms with van der Waals surface area (Å²) in [5, 5.41) is 4.39. The summed E-state index contributed by atoms with van der Waals surface area (Å²) in [6.45, 7) is 6.61. The van der Waals surface area contributed by atoms with Gasteiger partial charge in [-0.2, -0.15) is 5.10 Å². The van der Waals surface area contributed by atoms with Crippen LogP contribution in [0.15, 0.2) is 0 Å². The zero-order valence-electron chi connectivity index (χ0n) is 11.9. The highest BCUT2D eigenvalue weighted by atomic mass is 79.9. The maximum Gasteiger partial charge on any atom is 0.230 e. The monoisotopic (exact) mass is 391 g/mol. The highest BCUT2D eigenvalue weighted by Crippen LogP contribution is 2.66. The number of hydrogen-bond donors (Lipinski definition) is 0. The van der Waals surface area contributed by atoms with Crippen LogP contribution >= 0.6 is 31.9 Å². The summed E-state index contributed by atoms with van der Waals surface area (Å²) in [5.41, 5.74) is 2.88. The van der Waals surface area contributed by atoms with Crippen molar-refractivity contribution in [3.05, 3.63) is 17.0 Å². The minimum Gasteiger partial charge on any atom is -0.341 e. The van der Waals surface area contributed by atoms with Gasteiger partial charge in [0.15, 0.2) is 0 Å². The van der Waals surface area contributed by atoms with Gasteiger partial charge in [-0.15, -0.1) is 0 Å². The van der Waals surface area contributed by atoms with Crippen LogP contribution in [0.25, 0.3) is 0 Å². The van der Waals surface area contributed by atoms with E-state index in [4.69, 9.17) is 0 Å². The maximum atomic E-state index is 12.5.